The minimum atomic E-state index is -4.64. The Kier molecular flexibility index (Phi) is 7.47. The number of anilines is 3. The summed E-state index contributed by atoms with van der Waals surface area (Å²) in [5, 5.41) is 9.25. The van der Waals surface area contributed by atoms with Gasteiger partial charge in [0.15, 0.2) is 6.61 Å². The SMILES string of the molecule is Cc1noc(C)c1CCCNc1nc(Nc2cccc(C(F)(F)F)c2)nc(OCC(F)(F)F)n1. The first-order chi connectivity index (χ1) is 15.9. The molecular formula is C20H20F6N6O2. The van der Waals surface area contributed by atoms with Gasteiger partial charge in [-0.2, -0.15) is 41.3 Å². The van der Waals surface area contributed by atoms with E-state index >= 15 is 0 Å². The molecule has 2 heterocycles. The summed E-state index contributed by atoms with van der Waals surface area (Å²) in [5.74, 6) is 0.285. The molecule has 1 aromatic carbocycles. The summed E-state index contributed by atoms with van der Waals surface area (Å²) in [4.78, 5) is 11.5. The van der Waals surface area contributed by atoms with E-state index in [1.54, 1.807) is 13.8 Å². The van der Waals surface area contributed by atoms with Gasteiger partial charge < -0.3 is 19.9 Å². The van der Waals surface area contributed by atoms with Crippen molar-refractivity contribution in [2.75, 3.05) is 23.8 Å². The highest BCUT2D eigenvalue weighted by molar-refractivity contribution is 5.55. The van der Waals surface area contributed by atoms with Crippen LogP contribution in [0.4, 0.5) is 43.9 Å². The van der Waals surface area contributed by atoms with Crippen LogP contribution in [0, 0.1) is 13.8 Å². The molecule has 8 nitrogen and oxygen atoms in total. The predicted molar refractivity (Wildman–Crippen MR) is 109 cm³/mol. The summed E-state index contributed by atoms with van der Waals surface area (Å²) in [6.45, 7) is 2.27. The van der Waals surface area contributed by atoms with Gasteiger partial charge in [-0.05, 0) is 44.9 Å². The average Bonchev–Trinajstić information content (AvgIpc) is 3.06. The molecule has 0 saturated carbocycles. The van der Waals surface area contributed by atoms with E-state index in [9.17, 15) is 26.3 Å². The maximum atomic E-state index is 13.0. The van der Waals surface area contributed by atoms with Gasteiger partial charge in [0, 0.05) is 17.8 Å². The second-order valence-electron chi connectivity index (χ2n) is 7.21. The molecule has 2 aromatic heterocycles. The van der Waals surface area contributed by atoms with Crippen LogP contribution >= 0.6 is 0 Å². The molecule has 0 radical (unpaired) electrons. The van der Waals surface area contributed by atoms with Crippen molar-refractivity contribution in [3.8, 4) is 6.01 Å². The van der Waals surface area contributed by atoms with E-state index in [0.717, 1.165) is 23.4 Å². The van der Waals surface area contributed by atoms with Gasteiger partial charge in [0.25, 0.3) is 0 Å². The lowest BCUT2D eigenvalue weighted by atomic mass is 10.1. The minimum absolute atomic E-state index is 0.0212. The Balaban J connectivity index is 1.74. The van der Waals surface area contributed by atoms with E-state index in [1.165, 1.54) is 12.1 Å². The van der Waals surface area contributed by atoms with Crippen LogP contribution in [-0.4, -0.2) is 39.4 Å². The van der Waals surface area contributed by atoms with Gasteiger partial charge in [0.2, 0.25) is 11.9 Å². The fourth-order valence-electron chi connectivity index (χ4n) is 2.93. The molecule has 0 aliphatic carbocycles. The van der Waals surface area contributed by atoms with Crippen molar-refractivity contribution in [1.29, 1.82) is 0 Å². The van der Waals surface area contributed by atoms with E-state index in [1.807, 2.05) is 0 Å². The summed E-state index contributed by atoms with van der Waals surface area (Å²) in [5.41, 5.74) is 0.761. The minimum Gasteiger partial charge on any atom is -0.454 e. The van der Waals surface area contributed by atoms with Crippen molar-refractivity contribution >= 4 is 17.6 Å². The molecule has 14 heteroatoms. The molecule has 34 heavy (non-hydrogen) atoms. The molecule has 0 unspecified atom stereocenters. The van der Waals surface area contributed by atoms with Gasteiger partial charge in [0.05, 0.1) is 11.3 Å². The number of rotatable bonds is 9. The van der Waals surface area contributed by atoms with Crippen LogP contribution in [0.5, 0.6) is 6.01 Å². The summed E-state index contributed by atoms with van der Waals surface area (Å²) >= 11 is 0. The first kappa shape index (κ1) is 25.1. The Morgan fingerprint density at radius 3 is 2.38 bits per heavy atom. The van der Waals surface area contributed by atoms with Crippen molar-refractivity contribution < 1.29 is 35.6 Å². The average molecular weight is 490 g/mol. The normalized spacial score (nSPS) is 12.0. The Morgan fingerprint density at radius 1 is 1.00 bits per heavy atom. The molecule has 3 rings (SSSR count). The summed E-state index contributed by atoms with van der Waals surface area (Å²) in [7, 11) is 0. The molecule has 0 spiro atoms. The molecule has 184 valence electrons. The molecule has 0 aliphatic heterocycles. The third-order valence-electron chi connectivity index (χ3n) is 4.49. The number of alkyl halides is 6. The summed E-state index contributed by atoms with van der Waals surface area (Å²) in [6, 6.07) is 3.54. The second-order valence-corrected chi connectivity index (χ2v) is 7.21. The van der Waals surface area contributed by atoms with Crippen LogP contribution in [-0.2, 0) is 12.6 Å². The van der Waals surface area contributed by atoms with E-state index in [0.29, 0.717) is 25.1 Å². The largest absolute Gasteiger partial charge is 0.454 e. The van der Waals surface area contributed by atoms with Crippen LogP contribution in [0.2, 0.25) is 0 Å². The maximum absolute atomic E-state index is 13.0. The van der Waals surface area contributed by atoms with Crippen LogP contribution in [0.1, 0.15) is 29.0 Å². The zero-order valence-corrected chi connectivity index (χ0v) is 18.0. The highest BCUT2D eigenvalue weighted by Crippen LogP contribution is 2.31. The highest BCUT2D eigenvalue weighted by atomic mass is 19.4. The quantitative estimate of drug-likeness (QED) is 0.311. The van der Waals surface area contributed by atoms with Crippen LogP contribution < -0.4 is 15.4 Å². The number of aromatic nitrogens is 4. The van der Waals surface area contributed by atoms with Crippen molar-refractivity contribution in [3.05, 3.63) is 46.8 Å². The second kappa shape index (κ2) is 10.1. The number of hydrogen-bond donors (Lipinski definition) is 2. The van der Waals surface area contributed by atoms with Crippen molar-refractivity contribution in [3.63, 3.8) is 0 Å². The van der Waals surface area contributed by atoms with Crippen molar-refractivity contribution in [2.24, 2.45) is 0 Å². The van der Waals surface area contributed by atoms with Gasteiger partial charge in [-0.25, -0.2) is 0 Å². The van der Waals surface area contributed by atoms with E-state index in [2.05, 4.69) is 35.5 Å². The van der Waals surface area contributed by atoms with Crippen LogP contribution in [0.3, 0.4) is 0 Å². The first-order valence-electron chi connectivity index (χ1n) is 9.96. The number of halogens is 6. The molecule has 0 fully saturated rings. The van der Waals surface area contributed by atoms with Crippen molar-refractivity contribution in [1.82, 2.24) is 20.1 Å². The van der Waals surface area contributed by atoms with Gasteiger partial charge in [0.1, 0.15) is 5.76 Å². The molecule has 0 atom stereocenters. The third kappa shape index (κ3) is 7.22. The van der Waals surface area contributed by atoms with Crippen molar-refractivity contribution in [2.45, 2.75) is 39.0 Å². The lowest BCUT2D eigenvalue weighted by molar-refractivity contribution is -0.154. The number of ether oxygens (including phenoxy) is 1. The fraction of sp³-hybridized carbons (Fsp3) is 0.400. The Morgan fingerprint density at radius 2 is 1.74 bits per heavy atom. The molecule has 0 bridgehead atoms. The van der Waals surface area contributed by atoms with E-state index in [4.69, 9.17) is 4.52 Å². The Bertz CT molecular complexity index is 1100. The molecular weight excluding hydrogens is 470 g/mol. The Labute approximate surface area is 189 Å². The molecule has 2 N–H and O–H groups in total. The van der Waals surface area contributed by atoms with Gasteiger partial charge in [-0.1, -0.05) is 11.2 Å². The van der Waals surface area contributed by atoms with Crippen LogP contribution in [0.15, 0.2) is 28.8 Å². The monoisotopic (exact) mass is 490 g/mol. The summed E-state index contributed by atoms with van der Waals surface area (Å²) < 4.78 is 86.2. The number of aryl methyl sites for hydroxylation is 2. The predicted octanol–water partition coefficient (Wildman–Crippen LogP) is 5.22. The van der Waals surface area contributed by atoms with Crippen LogP contribution in [0.25, 0.3) is 0 Å². The molecule has 0 saturated heterocycles. The summed E-state index contributed by atoms with van der Waals surface area (Å²) in [6.07, 6.45) is -8.01. The van der Waals surface area contributed by atoms with Gasteiger partial charge >= 0.3 is 18.4 Å². The molecule has 3 aromatic rings. The van der Waals surface area contributed by atoms with E-state index in [-0.39, 0.29) is 17.6 Å². The number of nitrogens with zero attached hydrogens (tertiary/aromatic N) is 4. The number of hydrogen-bond acceptors (Lipinski definition) is 8. The third-order valence-corrected chi connectivity index (χ3v) is 4.49. The van der Waals surface area contributed by atoms with E-state index < -0.39 is 30.5 Å². The first-order valence-corrected chi connectivity index (χ1v) is 9.96. The Hall–Kier alpha value is -3.58. The maximum Gasteiger partial charge on any atom is 0.422 e. The standard InChI is InChI=1S/C20H20F6N6O2/c1-11-15(12(2)34-32-11)7-4-8-27-16-29-17(31-18(30-16)33-10-19(21,22)23)28-14-6-3-5-13(9-14)20(24,25)26/h3,5-6,9H,4,7-8,10H2,1-2H3,(H2,27,28,29,30,31). The van der Waals surface area contributed by atoms with Gasteiger partial charge in [-0.3, -0.25) is 0 Å². The zero-order chi connectivity index (χ0) is 24.9. The van der Waals surface area contributed by atoms with Gasteiger partial charge in [-0.15, -0.1) is 0 Å². The lowest BCUT2D eigenvalue weighted by Gasteiger charge is -2.13. The smallest absolute Gasteiger partial charge is 0.422 e. The number of nitrogens with one attached hydrogen (secondary N) is 2. The zero-order valence-electron chi connectivity index (χ0n) is 18.0. The fourth-order valence-corrected chi connectivity index (χ4v) is 2.93. The molecule has 0 amide bonds. The lowest BCUT2D eigenvalue weighted by Crippen LogP contribution is -2.21. The number of benzene rings is 1. The topological polar surface area (TPSA) is 98.0 Å². The highest BCUT2D eigenvalue weighted by Gasteiger charge is 2.31. The molecule has 0 aliphatic rings.